The highest BCUT2D eigenvalue weighted by Crippen LogP contribution is 2.27. The zero-order chi connectivity index (χ0) is 12.6. The Balaban J connectivity index is 2.28. The van der Waals surface area contributed by atoms with E-state index >= 15 is 0 Å². The summed E-state index contributed by atoms with van der Waals surface area (Å²) in [6.45, 7) is 7.22. The van der Waals surface area contributed by atoms with E-state index < -0.39 is 0 Å². The molecule has 17 heavy (non-hydrogen) atoms. The lowest BCUT2D eigenvalue weighted by Crippen LogP contribution is -2.34. The lowest BCUT2D eigenvalue weighted by Gasteiger charge is -2.22. The molecule has 2 atom stereocenters. The Hall–Kier alpha value is -0.830. The molecule has 1 heterocycles. The molecule has 0 N–H and O–H groups in total. The number of carbonyl (C=O) groups is 1. The molecule has 1 aromatic carbocycles. The largest absolute Gasteiger partial charge is 0.336 e. The van der Waals surface area contributed by atoms with Crippen molar-refractivity contribution < 1.29 is 4.79 Å². The first kappa shape index (κ1) is 12.6. The summed E-state index contributed by atoms with van der Waals surface area (Å²) >= 11 is 3.47. The summed E-state index contributed by atoms with van der Waals surface area (Å²) in [5.41, 5.74) is 1.90. The molecular formula is C14H18BrNO. The SMILES string of the molecule is Cc1ccc(Br)c(C(=O)N2CC(C)CC2C)c1. The maximum Gasteiger partial charge on any atom is 0.255 e. The van der Waals surface area contributed by atoms with Gasteiger partial charge in [0.15, 0.2) is 0 Å². The van der Waals surface area contributed by atoms with Crippen LogP contribution < -0.4 is 0 Å². The molecule has 0 aromatic heterocycles. The van der Waals surface area contributed by atoms with Crippen molar-refractivity contribution in [1.82, 2.24) is 4.90 Å². The van der Waals surface area contributed by atoms with Crippen molar-refractivity contribution in [2.75, 3.05) is 6.54 Å². The van der Waals surface area contributed by atoms with Crippen LogP contribution in [0.25, 0.3) is 0 Å². The predicted molar refractivity (Wildman–Crippen MR) is 73.2 cm³/mol. The number of aryl methyl sites for hydroxylation is 1. The van der Waals surface area contributed by atoms with Crippen LogP contribution in [0.3, 0.4) is 0 Å². The highest BCUT2D eigenvalue weighted by atomic mass is 79.9. The summed E-state index contributed by atoms with van der Waals surface area (Å²) in [5, 5.41) is 0. The van der Waals surface area contributed by atoms with E-state index in [1.807, 2.05) is 30.0 Å². The van der Waals surface area contributed by atoms with Crippen LogP contribution in [0.2, 0.25) is 0 Å². The van der Waals surface area contributed by atoms with Gasteiger partial charge in [-0.05, 0) is 54.2 Å². The van der Waals surface area contributed by atoms with E-state index in [9.17, 15) is 4.79 Å². The molecule has 0 aliphatic carbocycles. The number of nitrogens with zero attached hydrogens (tertiary/aromatic N) is 1. The molecule has 2 nitrogen and oxygen atoms in total. The van der Waals surface area contributed by atoms with Crippen LogP contribution >= 0.6 is 15.9 Å². The molecular weight excluding hydrogens is 278 g/mol. The van der Waals surface area contributed by atoms with E-state index in [-0.39, 0.29) is 5.91 Å². The van der Waals surface area contributed by atoms with Gasteiger partial charge in [-0.1, -0.05) is 18.6 Å². The first-order valence-electron chi connectivity index (χ1n) is 6.06. The Morgan fingerprint density at radius 2 is 2.12 bits per heavy atom. The van der Waals surface area contributed by atoms with Gasteiger partial charge in [0, 0.05) is 17.1 Å². The molecule has 1 amide bonds. The molecule has 0 saturated carbocycles. The second-order valence-electron chi connectivity index (χ2n) is 5.13. The van der Waals surface area contributed by atoms with E-state index in [4.69, 9.17) is 0 Å². The van der Waals surface area contributed by atoms with Crippen molar-refractivity contribution >= 4 is 21.8 Å². The second-order valence-corrected chi connectivity index (χ2v) is 5.99. The molecule has 1 aliphatic heterocycles. The van der Waals surface area contributed by atoms with Crippen LogP contribution in [0, 0.1) is 12.8 Å². The molecule has 2 unspecified atom stereocenters. The van der Waals surface area contributed by atoms with Gasteiger partial charge in [-0.3, -0.25) is 4.79 Å². The number of benzene rings is 1. The third-order valence-corrected chi connectivity index (χ3v) is 4.09. The van der Waals surface area contributed by atoms with Gasteiger partial charge in [-0.15, -0.1) is 0 Å². The van der Waals surface area contributed by atoms with Crippen LogP contribution in [-0.4, -0.2) is 23.4 Å². The van der Waals surface area contributed by atoms with Gasteiger partial charge in [-0.2, -0.15) is 0 Å². The van der Waals surface area contributed by atoms with Crippen LogP contribution in [-0.2, 0) is 0 Å². The fourth-order valence-electron chi connectivity index (χ4n) is 2.54. The maximum absolute atomic E-state index is 12.5. The topological polar surface area (TPSA) is 20.3 Å². The standard InChI is InChI=1S/C14H18BrNO/c1-9-4-5-13(15)12(7-9)14(17)16-8-10(2)6-11(16)3/h4-5,7,10-11H,6,8H2,1-3H3. The second kappa shape index (κ2) is 4.81. The lowest BCUT2D eigenvalue weighted by atomic mass is 10.1. The third kappa shape index (κ3) is 2.54. The van der Waals surface area contributed by atoms with Gasteiger partial charge in [0.2, 0.25) is 0 Å². The Kier molecular flexibility index (Phi) is 3.57. The number of hydrogen-bond donors (Lipinski definition) is 0. The van der Waals surface area contributed by atoms with Gasteiger partial charge in [0.1, 0.15) is 0 Å². The zero-order valence-corrected chi connectivity index (χ0v) is 12.1. The predicted octanol–water partition coefficient (Wildman–Crippen LogP) is 3.63. The normalized spacial score (nSPS) is 24.1. The van der Waals surface area contributed by atoms with Crippen molar-refractivity contribution in [3.8, 4) is 0 Å². The first-order chi connectivity index (χ1) is 7.99. The fourth-order valence-corrected chi connectivity index (χ4v) is 2.96. The first-order valence-corrected chi connectivity index (χ1v) is 6.85. The number of hydrogen-bond acceptors (Lipinski definition) is 1. The van der Waals surface area contributed by atoms with Gasteiger partial charge in [0.05, 0.1) is 5.56 Å². The Labute approximate surface area is 111 Å². The number of rotatable bonds is 1. The molecule has 92 valence electrons. The van der Waals surface area contributed by atoms with Gasteiger partial charge in [0.25, 0.3) is 5.91 Å². The van der Waals surface area contributed by atoms with Crippen LogP contribution in [0.5, 0.6) is 0 Å². The van der Waals surface area contributed by atoms with Crippen molar-refractivity contribution in [3.63, 3.8) is 0 Å². The monoisotopic (exact) mass is 295 g/mol. The quantitative estimate of drug-likeness (QED) is 0.775. The maximum atomic E-state index is 12.5. The molecule has 2 rings (SSSR count). The minimum Gasteiger partial charge on any atom is -0.336 e. The molecule has 1 aromatic rings. The van der Waals surface area contributed by atoms with E-state index in [1.165, 1.54) is 0 Å². The summed E-state index contributed by atoms with van der Waals surface area (Å²) in [6, 6.07) is 6.27. The minimum atomic E-state index is 0.150. The molecule has 1 fully saturated rings. The summed E-state index contributed by atoms with van der Waals surface area (Å²) < 4.78 is 0.889. The Morgan fingerprint density at radius 3 is 2.71 bits per heavy atom. The summed E-state index contributed by atoms with van der Waals surface area (Å²) in [4.78, 5) is 14.5. The Bertz CT molecular complexity index is 444. The average Bonchev–Trinajstić information content (AvgIpc) is 2.60. The Morgan fingerprint density at radius 1 is 1.41 bits per heavy atom. The van der Waals surface area contributed by atoms with Crippen molar-refractivity contribution in [2.45, 2.75) is 33.2 Å². The number of halogens is 1. The van der Waals surface area contributed by atoms with Crippen LogP contribution in [0.1, 0.15) is 36.2 Å². The van der Waals surface area contributed by atoms with E-state index in [0.29, 0.717) is 12.0 Å². The number of carbonyl (C=O) groups excluding carboxylic acids is 1. The highest BCUT2D eigenvalue weighted by molar-refractivity contribution is 9.10. The fraction of sp³-hybridized carbons (Fsp3) is 0.500. The van der Waals surface area contributed by atoms with Crippen molar-refractivity contribution in [3.05, 3.63) is 33.8 Å². The summed E-state index contributed by atoms with van der Waals surface area (Å²) in [6.07, 6.45) is 1.11. The minimum absolute atomic E-state index is 0.150. The number of amides is 1. The highest BCUT2D eigenvalue weighted by Gasteiger charge is 2.31. The van der Waals surface area contributed by atoms with E-state index in [1.54, 1.807) is 0 Å². The van der Waals surface area contributed by atoms with Crippen molar-refractivity contribution in [1.29, 1.82) is 0 Å². The molecule has 3 heteroatoms. The van der Waals surface area contributed by atoms with E-state index in [2.05, 4.69) is 29.8 Å². The number of likely N-dealkylation sites (tertiary alicyclic amines) is 1. The molecule has 1 saturated heterocycles. The van der Waals surface area contributed by atoms with Gasteiger partial charge < -0.3 is 4.90 Å². The van der Waals surface area contributed by atoms with Gasteiger partial charge in [-0.25, -0.2) is 0 Å². The lowest BCUT2D eigenvalue weighted by molar-refractivity contribution is 0.0743. The molecule has 1 aliphatic rings. The zero-order valence-electron chi connectivity index (χ0n) is 10.5. The summed E-state index contributed by atoms with van der Waals surface area (Å²) in [5.74, 6) is 0.759. The smallest absolute Gasteiger partial charge is 0.255 e. The van der Waals surface area contributed by atoms with Crippen molar-refractivity contribution in [2.24, 2.45) is 5.92 Å². The average molecular weight is 296 g/mol. The summed E-state index contributed by atoms with van der Waals surface area (Å²) in [7, 11) is 0. The molecule has 0 spiro atoms. The van der Waals surface area contributed by atoms with Crippen LogP contribution in [0.15, 0.2) is 22.7 Å². The van der Waals surface area contributed by atoms with E-state index in [0.717, 1.165) is 28.6 Å². The molecule has 0 radical (unpaired) electrons. The van der Waals surface area contributed by atoms with Gasteiger partial charge >= 0.3 is 0 Å². The molecule has 0 bridgehead atoms. The third-order valence-electron chi connectivity index (χ3n) is 3.40. The van der Waals surface area contributed by atoms with Crippen LogP contribution in [0.4, 0.5) is 0 Å².